The molecule has 0 bridgehead atoms. The smallest absolute Gasteiger partial charge is 0.337 e. The highest BCUT2D eigenvalue weighted by atomic mass is 16.4. The Morgan fingerprint density at radius 3 is 1.70 bits per heavy atom. The van der Waals surface area contributed by atoms with Crippen LogP contribution in [0.1, 0.15) is 77.6 Å². The van der Waals surface area contributed by atoms with Crippen molar-refractivity contribution in [1.82, 2.24) is 0 Å². The lowest BCUT2D eigenvalue weighted by Gasteiger charge is -2.24. The number of rotatable bonds is 12. The van der Waals surface area contributed by atoms with Crippen LogP contribution in [-0.2, 0) is 0 Å². The number of hydrogen-bond donors (Lipinski definition) is 1. The quantitative estimate of drug-likeness (QED) is 0.362. The Morgan fingerprint density at radius 2 is 1.27 bits per heavy atom. The predicted octanol–water partition coefficient (Wildman–Crippen LogP) is 7.58. The molecule has 3 heteroatoms. The van der Waals surface area contributed by atoms with E-state index in [1.165, 1.54) is 22.3 Å². The van der Waals surface area contributed by atoms with Crippen molar-refractivity contribution < 1.29 is 9.90 Å². The van der Waals surface area contributed by atoms with E-state index in [0.29, 0.717) is 18.7 Å². The first-order valence-electron chi connectivity index (χ1n) is 10.9. The fraction of sp³-hybridized carbons (Fsp3) is 0.444. The Bertz CT molecular complexity index is 764. The van der Waals surface area contributed by atoms with Crippen molar-refractivity contribution in [2.24, 2.45) is 0 Å². The zero-order chi connectivity index (χ0) is 22.5. The number of carboxylic acid groups (broad SMARTS) is 1. The van der Waals surface area contributed by atoms with Crippen LogP contribution in [0.15, 0.2) is 70.9 Å². The van der Waals surface area contributed by atoms with Crippen LogP contribution in [-0.4, -0.2) is 24.2 Å². The largest absolute Gasteiger partial charge is 0.478 e. The molecule has 0 radical (unpaired) electrons. The third kappa shape index (κ3) is 10.3. The molecule has 0 aliphatic rings. The minimum atomic E-state index is -0.885. The first-order valence-corrected chi connectivity index (χ1v) is 10.9. The van der Waals surface area contributed by atoms with Crippen LogP contribution < -0.4 is 4.90 Å². The van der Waals surface area contributed by atoms with Gasteiger partial charge in [0, 0.05) is 13.1 Å². The van der Waals surface area contributed by atoms with E-state index in [-0.39, 0.29) is 0 Å². The molecule has 0 atom stereocenters. The summed E-state index contributed by atoms with van der Waals surface area (Å²) in [4.78, 5) is 13.9. The molecule has 30 heavy (non-hydrogen) atoms. The first kappa shape index (κ1) is 25.5. The maximum absolute atomic E-state index is 11.7. The highest BCUT2D eigenvalue weighted by Crippen LogP contribution is 2.22. The van der Waals surface area contributed by atoms with Crippen LogP contribution in [0.3, 0.4) is 0 Å². The summed E-state index contributed by atoms with van der Waals surface area (Å²) in [5.74, 6) is -0.885. The minimum absolute atomic E-state index is 0.351. The van der Waals surface area contributed by atoms with Gasteiger partial charge in [-0.05, 0) is 79.4 Å². The van der Waals surface area contributed by atoms with Crippen LogP contribution in [0.5, 0.6) is 0 Å². The summed E-state index contributed by atoms with van der Waals surface area (Å²) < 4.78 is 0. The van der Waals surface area contributed by atoms with Crippen molar-refractivity contribution in [2.45, 2.75) is 67.2 Å². The summed E-state index contributed by atoms with van der Waals surface area (Å²) in [5, 5.41) is 9.64. The van der Waals surface area contributed by atoms with E-state index < -0.39 is 5.97 Å². The summed E-state index contributed by atoms with van der Waals surface area (Å²) >= 11 is 0. The topological polar surface area (TPSA) is 40.5 Å². The Morgan fingerprint density at radius 1 is 0.800 bits per heavy atom. The number of hydrogen-bond acceptors (Lipinski definition) is 2. The second kappa shape index (κ2) is 13.6. The van der Waals surface area contributed by atoms with E-state index in [2.05, 4.69) is 70.7 Å². The average Bonchev–Trinajstić information content (AvgIpc) is 2.67. The molecule has 0 aromatic heterocycles. The van der Waals surface area contributed by atoms with E-state index in [1.54, 1.807) is 12.1 Å². The molecule has 0 fully saturated rings. The molecule has 0 saturated heterocycles. The van der Waals surface area contributed by atoms with Crippen molar-refractivity contribution in [1.29, 1.82) is 0 Å². The second-order valence-electron chi connectivity index (χ2n) is 8.47. The van der Waals surface area contributed by atoms with Gasteiger partial charge < -0.3 is 10.0 Å². The van der Waals surface area contributed by atoms with Crippen molar-refractivity contribution in [3.63, 3.8) is 0 Å². The molecule has 1 aromatic rings. The summed E-state index contributed by atoms with van der Waals surface area (Å²) in [5.41, 5.74) is 6.46. The van der Waals surface area contributed by atoms with Crippen molar-refractivity contribution in [3.8, 4) is 0 Å². The van der Waals surface area contributed by atoms with E-state index in [4.69, 9.17) is 0 Å². The van der Waals surface area contributed by atoms with Gasteiger partial charge in [-0.1, -0.05) is 58.7 Å². The Hall–Kier alpha value is -2.55. The molecule has 0 spiro atoms. The van der Waals surface area contributed by atoms with E-state index in [1.807, 2.05) is 12.1 Å². The number of aromatic carboxylic acids is 1. The molecular formula is C27H39NO2. The third-order valence-corrected chi connectivity index (χ3v) is 4.98. The molecule has 0 aliphatic heterocycles. The lowest BCUT2D eigenvalue weighted by molar-refractivity contribution is 0.0697. The zero-order valence-electron chi connectivity index (χ0n) is 19.7. The molecule has 164 valence electrons. The van der Waals surface area contributed by atoms with Gasteiger partial charge in [-0.15, -0.1) is 0 Å². The standard InChI is InChI=1S/C27H39NO2/c1-21(2)11-9-13-23(5)17-19-28(20-18-24(6)14-10-12-22(3)4)26-16-8-7-15-25(26)27(29)30/h7-8,11-12,15-18H,9-10,13-14,19-20H2,1-6H3,(H,29,30)/b23-17+,24-18+. The number of allylic oxidation sites excluding steroid dienone is 6. The van der Waals surface area contributed by atoms with Crippen LogP contribution in [0.4, 0.5) is 5.69 Å². The van der Waals surface area contributed by atoms with Gasteiger partial charge in [-0.3, -0.25) is 0 Å². The number of anilines is 1. The van der Waals surface area contributed by atoms with Crippen molar-refractivity contribution >= 4 is 11.7 Å². The molecule has 0 heterocycles. The molecule has 3 nitrogen and oxygen atoms in total. The maximum atomic E-state index is 11.7. The minimum Gasteiger partial charge on any atom is -0.478 e. The number of benzene rings is 1. The highest BCUT2D eigenvalue weighted by molar-refractivity contribution is 5.94. The van der Waals surface area contributed by atoms with Gasteiger partial charge >= 0.3 is 5.97 Å². The van der Waals surface area contributed by atoms with Crippen LogP contribution in [0.25, 0.3) is 0 Å². The molecule has 0 aliphatic carbocycles. The van der Waals surface area contributed by atoms with Crippen LogP contribution in [0.2, 0.25) is 0 Å². The normalized spacial score (nSPS) is 11.8. The molecule has 0 saturated carbocycles. The average molecular weight is 410 g/mol. The number of para-hydroxylation sites is 1. The monoisotopic (exact) mass is 409 g/mol. The molecule has 1 rings (SSSR count). The third-order valence-electron chi connectivity index (χ3n) is 4.98. The Kier molecular flexibility index (Phi) is 11.6. The zero-order valence-corrected chi connectivity index (χ0v) is 19.7. The molecule has 0 unspecified atom stereocenters. The molecule has 1 N–H and O–H groups in total. The van der Waals surface area contributed by atoms with Gasteiger partial charge in [-0.2, -0.15) is 0 Å². The van der Waals surface area contributed by atoms with Crippen molar-refractivity contribution in [3.05, 3.63) is 76.4 Å². The van der Waals surface area contributed by atoms with Gasteiger partial charge in [0.2, 0.25) is 0 Å². The number of carboxylic acids is 1. The Balaban J connectivity index is 2.99. The lowest BCUT2D eigenvalue weighted by Crippen LogP contribution is -2.26. The molecule has 1 aromatic carbocycles. The number of carbonyl (C=O) groups is 1. The van der Waals surface area contributed by atoms with E-state index in [0.717, 1.165) is 31.4 Å². The fourth-order valence-corrected chi connectivity index (χ4v) is 3.11. The lowest BCUT2D eigenvalue weighted by atomic mass is 10.1. The Labute approximate surface area is 183 Å². The van der Waals surface area contributed by atoms with Crippen LogP contribution >= 0.6 is 0 Å². The van der Waals surface area contributed by atoms with E-state index >= 15 is 0 Å². The number of nitrogens with zero attached hydrogens (tertiary/aromatic N) is 1. The fourth-order valence-electron chi connectivity index (χ4n) is 3.11. The van der Waals surface area contributed by atoms with Gasteiger partial charge in [-0.25, -0.2) is 4.79 Å². The summed E-state index contributed by atoms with van der Waals surface area (Å²) in [7, 11) is 0. The maximum Gasteiger partial charge on any atom is 0.337 e. The van der Waals surface area contributed by atoms with Crippen LogP contribution in [0, 0.1) is 0 Å². The predicted molar refractivity (Wildman–Crippen MR) is 130 cm³/mol. The molecular weight excluding hydrogens is 370 g/mol. The summed E-state index contributed by atoms with van der Waals surface area (Å²) in [6.45, 7) is 14.2. The summed E-state index contributed by atoms with van der Waals surface area (Å²) in [6, 6.07) is 7.28. The van der Waals surface area contributed by atoms with Gasteiger partial charge in [0.25, 0.3) is 0 Å². The molecule has 0 amide bonds. The summed E-state index contributed by atoms with van der Waals surface area (Å²) in [6.07, 6.45) is 13.1. The van der Waals surface area contributed by atoms with Gasteiger partial charge in [0.1, 0.15) is 0 Å². The van der Waals surface area contributed by atoms with E-state index in [9.17, 15) is 9.90 Å². The van der Waals surface area contributed by atoms with Gasteiger partial charge in [0.15, 0.2) is 0 Å². The second-order valence-corrected chi connectivity index (χ2v) is 8.47. The highest BCUT2D eigenvalue weighted by Gasteiger charge is 2.14. The SMILES string of the molecule is CC(C)=CCC/C(C)=C/CN(C/C=C(\C)CCC=C(C)C)c1ccccc1C(=O)O. The first-order chi connectivity index (χ1) is 14.2. The van der Waals surface area contributed by atoms with Gasteiger partial charge in [0.05, 0.1) is 11.3 Å². The van der Waals surface area contributed by atoms with Crippen molar-refractivity contribution in [2.75, 3.05) is 18.0 Å².